The summed E-state index contributed by atoms with van der Waals surface area (Å²) >= 11 is 0. The van der Waals surface area contributed by atoms with Crippen molar-refractivity contribution in [1.29, 1.82) is 0 Å². The second kappa shape index (κ2) is 9.53. The molecule has 0 spiro atoms. The van der Waals surface area contributed by atoms with Crippen LogP contribution in [0.4, 0.5) is 5.82 Å². The molecule has 4 aromatic rings. The molecule has 0 atom stereocenters. The molecule has 2 aromatic carbocycles. The molecule has 0 unspecified atom stereocenters. The Morgan fingerprint density at radius 2 is 1.74 bits per heavy atom. The predicted molar refractivity (Wildman–Crippen MR) is 118 cm³/mol. The van der Waals surface area contributed by atoms with E-state index in [4.69, 9.17) is 4.74 Å². The summed E-state index contributed by atoms with van der Waals surface area (Å²) in [6.07, 6.45) is 3.52. The van der Waals surface area contributed by atoms with Gasteiger partial charge in [0.15, 0.2) is 5.82 Å². The first-order chi connectivity index (χ1) is 15.2. The summed E-state index contributed by atoms with van der Waals surface area (Å²) in [7, 11) is 0. The minimum Gasteiger partial charge on any atom is -0.457 e. The fraction of sp³-hybridized carbons (Fsp3) is 0.130. The Hall–Kier alpha value is -4.20. The van der Waals surface area contributed by atoms with Gasteiger partial charge in [0.25, 0.3) is 5.91 Å². The molecular formula is C23H22N6O2. The van der Waals surface area contributed by atoms with Crippen molar-refractivity contribution in [3.8, 4) is 17.3 Å². The topological polar surface area (TPSA) is 94.0 Å². The Labute approximate surface area is 179 Å². The first-order valence-corrected chi connectivity index (χ1v) is 9.88. The molecule has 2 heterocycles. The largest absolute Gasteiger partial charge is 0.457 e. The number of nitrogens with one attached hydrogen (secondary N) is 2. The van der Waals surface area contributed by atoms with Crippen LogP contribution in [0.5, 0.6) is 11.5 Å². The van der Waals surface area contributed by atoms with E-state index in [1.54, 1.807) is 35.1 Å². The number of anilines is 1. The molecule has 0 radical (unpaired) electrons. The lowest BCUT2D eigenvalue weighted by molar-refractivity contribution is 0.0955. The van der Waals surface area contributed by atoms with E-state index in [0.29, 0.717) is 41.9 Å². The fourth-order valence-corrected chi connectivity index (χ4v) is 2.93. The molecule has 8 heteroatoms. The van der Waals surface area contributed by atoms with E-state index in [1.807, 2.05) is 55.6 Å². The molecule has 2 N–H and O–H groups in total. The Kier molecular flexibility index (Phi) is 6.18. The molecule has 0 saturated carbocycles. The van der Waals surface area contributed by atoms with Crippen LogP contribution in [0.1, 0.15) is 16.2 Å². The van der Waals surface area contributed by atoms with Crippen LogP contribution in [0.15, 0.2) is 79.1 Å². The van der Waals surface area contributed by atoms with Crippen LogP contribution >= 0.6 is 0 Å². The van der Waals surface area contributed by atoms with E-state index in [0.717, 1.165) is 5.75 Å². The van der Waals surface area contributed by atoms with E-state index in [9.17, 15) is 4.79 Å². The van der Waals surface area contributed by atoms with Gasteiger partial charge in [0.2, 0.25) is 0 Å². The fourth-order valence-electron chi connectivity index (χ4n) is 2.93. The number of rotatable bonds is 8. The average molecular weight is 414 g/mol. The highest BCUT2D eigenvalue weighted by molar-refractivity contribution is 5.94. The van der Waals surface area contributed by atoms with Crippen molar-refractivity contribution in [3.63, 3.8) is 0 Å². The minimum atomic E-state index is -0.149. The van der Waals surface area contributed by atoms with Crippen molar-refractivity contribution >= 4 is 11.7 Å². The number of aromatic nitrogens is 4. The van der Waals surface area contributed by atoms with Gasteiger partial charge in [-0.3, -0.25) is 4.79 Å². The highest BCUT2D eigenvalue weighted by atomic mass is 16.5. The van der Waals surface area contributed by atoms with Crippen LogP contribution in [0.3, 0.4) is 0 Å². The molecule has 2 aromatic heterocycles. The molecule has 8 nitrogen and oxygen atoms in total. The maximum absolute atomic E-state index is 12.4. The number of carbonyl (C=O) groups excluding carboxylic acids is 1. The summed E-state index contributed by atoms with van der Waals surface area (Å²) in [4.78, 5) is 21.1. The zero-order valence-electron chi connectivity index (χ0n) is 17.0. The lowest BCUT2D eigenvalue weighted by Crippen LogP contribution is -2.28. The number of hydrogen-bond acceptors (Lipinski definition) is 6. The van der Waals surface area contributed by atoms with Gasteiger partial charge in [-0.05, 0) is 49.4 Å². The number of carbonyl (C=O) groups is 1. The maximum atomic E-state index is 12.4. The quantitative estimate of drug-likeness (QED) is 0.428. The molecule has 4 rings (SSSR count). The van der Waals surface area contributed by atoms with Crippen LogP contribution in [0.2, 0.25) is 0 Å². The number of para-hydroxylation sites is 1. The van der Waals surface area contributed by atoms with E-state index >= 15 is 0 Å². The van der Waals surface area contributed by atoms with Crippen molar-refractivity contribution in [2.45, 2.75) is 6.92 Å². The zero-order chi connectivity index (χ0) is 21.5. The van der Waals surface area contributed by atoms with Gasteiger partial charge >= 0.3 is 0 Å². The van der Waals surface area contributed by atoms with Gasteiger partial charge in [-0.1, -0.05) is 18.2 Å². The smallest absolute Gasteiger partial charge is 0.251 e. The third-order valence-corrected chi connectivity index (χ3v) is 4.38. The number of amides is 1. The van der Waals surface area contributed by atoms with Crippen LogP contribution in [0.25, 0.3) is 5.82 Å². The first kappa shape index (κ1) is 20.1. The predicted octanol–water partition coefficient (Wildman–Crippen LogP) is 3.60. The molecule has 1 amide bonds. The van der Waals surface area contributed by atoms with Gasteiger partial charge in [-0.2, -0.15) is 5.10 Å². The van der Waals surface area contributed by atoms with Gasteiger partial charge in [-0.15, -0.1) is 0 Å². The molecule has 0 aliphatic carbocycles. The number of hydrogen-bond donors (Lipinski definition) is 2. The van der Waals surface area contributed by atoms with Crippen molar-refractivity contribution in [2.75, 3.05) is 18.4 Å². The summed E-state index contributed by atoms with van der Waals surface area (Å²) in [6.45, 7) is 2.79. The number of ether oxygens (including phenoxy) is 1. The van der Waals surface area contributed by atoms with E-state index < -0.39 is 0 Å². The molecule has 0 aliphatic heterocycles. The van der Waals surface area contributed by atoms with Crippen LogP contribution < -0.4 is 15.4 Å². The molecule has 156 valence electrons. The SMILES string of the molecule is Cc1nc(NCCNC(=O)c2ccc(Oc3ccccc3)cc2)cc(-n2cccn2)n1. The van der Waals surface area contributed by atoms with Gasteiger partial charge in [0.05, 0.1) is 0 Å². The third kappa shape index (κ3) is 5.45. The summed E-state index contributed by atoms with van der Waals surface area (Å²) in [5.41, 5.74) is 0.569. The van der Waals surface area contributed by atoms with Gasteiger partial charge in [-0.25, -0.2) is 14.6 Å². The molecular weight excluding hydrogens is 392 g/mol. The molecule has 31 heavy (non-hydrogen) atoms. The number of benzene rings is 2. The lowest BCUT2D eigenvalue weighted by Gasteiger charge is -2.10. The summed E-state index contributed by atoms with van der Waals surface area (Å²) in [5.74, 6) is 3.27. The zero-order valence-corrected chi connectivity index (χ0v) is 17.0. The number of aryl methyl sites for hydroxylation is 1. The average Bonchev–Trinajstić information content (AvgIpc) is 3.33. The molecule has 0 aliphatic rings. The van der Waals surface area contributed by atoms with Crippen molar-refractivity contribution in [2.24, 2.45) is 0 Å². The van der Waals surface area contributed by atoms with Gasteiger partial charge in [0.1, 0.15) is 23.1 Å². The molecule has 0 bridgehead atoms. The molecule has 0 saturated heterocycles. The normalized spacial score (nSPS) is 10.5. The Morgan fingerprint density at radius 1 is 0.968 bits per heavy atom. The van der Waals surface area contributed by atoms with E-state index in [2.05, 4.69) is 25.7 Å². The maximum Gasteiger partial charge on any atom is 0.251 e. The Balaban J connectivity index is 1.27. The second-order valence-corrected chi connectivity index (χ2v) is 6.73. The summed E-state index contributed by atoms with van der Waals surface area (Å²) in [5, 5.41) is 10.3. The highest BCUT2D eigenvalue weighted by Crippen LogP contribution is 2.21. The van der Waals surface area contributed by atoms with Gasteiger partial charge < -0.3 is 15.4 Å². The second-order valence-electron chi connectivity index (χ2n) is 6.73. The highest BCUT2D eigenvalue weighted by Gasteiger charge is 2.07. The van der Waals surface area contributed by atoms with Gasteiger partial charge in [0, 0.05) is 37.1 Å². The van der Waals surface area contributed by atoms with Crippen LogP contribution in [-0.2, 0) is 0 Å². The standard InChI is InChI=1S/C23H22N6O2/c1-17-27-21(16-22(28-17)29-15-5-12-26-29)24-13-14-25-23(30)18-8-10-20(11-9-18)31-19-6-3-2-4-7-19/h2-12,15-16H,13-14H2,1H3,(H,25,30)(H,24,27,28). The Morgan fingerprint density at radius 3 is 2.48 bits per heavy atom. The summed E-state index contributed by atoms with van der Waals surface area (Å²) < 4.78 is 7.42. The van der Waals surface area contributed by atoms with E-state index in [1.165, 1.54) is 0 Å². The minimum absolute atomic E-state index is 0.149. The van der Waals surface area contributed by atoms with Crippen LogP contribution in [-0.4, -0.2) is 38.7 Å². The third-order valence-electron chi connectivity index (χ3n) is 4.38. The number of nitrogens with zero attached hydrogens (tertiary/aromatic N) is 4. The van der Waals surface area contributed by atoms with Crippen molar-refractivity contribution in [3.05, 3.63) is 90.5 Å². The van der Waals surface area contributed by atoms with E-state index in [-0.39, 0.29) is 5.91 Å². The Bertz CT molecular complexity index is 1130. The molecule has 0 fully saturated rings. The first-order valence-electron chi connectivity index (χ1n) is 9.88. The van der Waals surface area contributed by atoms with Crippen molar-refractivity contribution in [1.82, 2.24) is 25.1 Å². The lowest BCUT2D eigenvalue weighted by atomic mass is 10.2. The monoisotopic (exact) mass is 414 g/mol. The summed E-state index contributed by atoms with van der Waals surface area (Å²) in [6, 6.07) is 20.2. The van der Waals surface area contributed by atoms with Crippen LogP contribution in [0, 0.1) is 6.92 Å². The van der Waals surface area contributed by atoms with Crippen molar-refractivity contribution < 1.29 is 9.53 Å².